The number of H-pyrrole nitrogens is 1. The molecule has 2 aliphatic heterocycles. The summed E-state index contributed by atoms with van der Waals surface area (Å²) in [5, 5.41) is 12.2. The van der Waals surface area contributed by atoms with Crippen LogP contribution in [0, 0.1) is 0 Å². The number of esters is 1. The van der Waals surface area contributed by atoms with E-state index < -0.39 is 0 Å². The molecule has 7 heteroatoms. The SMILES string of the molecule is O=C1OCC2=C1C(c1cc(Br)cs1)c1cn[nH]c1N2. The van der Waals surface area contributed by atoms with E-state index in [1.165, 1.54) is 0 Å². The molecule has 0 bridgehead atoms. The van der Waals surface area contributed by atoms with Gasteiger partial charge in [0.2, 0.25) is 0 Å². The van der Waals surface area contributed by atoms with Crippen molar-refractivity contribution in [3.05, 3.63) is 43.8 Å². The number of ether oxygens (including phenoxy) is 1. The van der Waals surface area contributed by atoms with Crippen molar-refractivity contribution in [1.82, 2.24) is 10.2 Å². The Morgan fingerprint density at radius 3 is 3.21 bits per heavy atom. The van der Waals surface area contributed by atoms with Gasteiger partial charge in [-0.15, -0.1) is 11.3 Å². The highest BCUT2D eigenvalue weighted by Crippen LogP contribution is 2.45. The van der Waals surface area contributed by atoms with Crippen LogP contribution in [0.2, 0.25) is 0 Å². The second-order valence-electron chi connectivity index (χ2n) is 4.39. The lowest BCUT2D eigenvalue weighted by Gasteiger charge is -2.22. The van der Waals surface area contributed by atoms with Crippen molar-refractivity contribution in [2.75, 3.05) is 11.9 Å². The summed E-state index contributed by atoms with van der Waals surface area (Å²) in [5.74, 6) is 0.492. The summed E-state index contributed by atoms with van der Waals surface area (Å²) in [6.07, 6.45) is 1.76. The number of anilines is 1. The number of carbonyl (C=O) groups is 1. The first-order valence-corrected chi connectivity index (χ1v) is 7.35. The number of hydrogen-bond acceptors (Lipinski definition) is 5. The van der Waals surface area contributed by atoms with Crippen LogP contribution in [0.3, 0.4) is 0 Å². The zero-order chi connectivity index (χ0) is 13.0. The van der Waals surface area contributed by atoms with Crippen LogP contribution in [0.4, 0.5) is 5.82 Å². The fourth-order valence-corrected chi connectivity index (χ4v) is 4.08. The van der Waals surface area contributed by atoms with E-state index in [2.05, 4.69) is 31.4 Å². The number of aromatic nitrogens is 2. The van der Waals surface area contributed by atoms with E-state index in [0.29, 0.717) is 12.2 Å². The molecule has 0 spiro atoms. The maximum absolute atomic E-state index is 12.0. The molecule has 0 fully saturated rings. The minimum atomic E-state index is -0.246. The lowest BCUT2D eigenvalue weighted by atomic mass is 9.88. The summed E-state index contributed by atoms with van der Waals surface area (Å²) in [7, 11) is 0. The Morgan fingerprint density at radius 2 is 2.42 bits per heavy atom. The highest BCUT2D eigenvalue weighted by Gasteiger charge is 2.39. The maximum Gasteiger partial charge on any atom is 0.337 e. The lowest BCUT2D eigenvalue weighted by Crippen LogP contribution is -2.18. The van der Waals surface area contributed by atoms with Crippen molar-refractivity contribution in [2.24, 2.45) is 0 Å². The van der Waals surface area contributed by atoms with E-state index in [9.17, 15) is 4.79 Å². The molecule has 96 valence electrons. The van der Waals surface area contributed by atoms with Crippen LogP contribution in [0.25, 0.3) is 0 Å². The molecular formula is C12H8BrN3O2S. The molecule has 1 atom stereocenters. The van der Waals surface area contributed by atoms with Crippen LogP contribution in [-0.4, -0.2) is 22.8 Å². The Labute approximate surface area is 120 Å². The number of halogens is 1. The molecule has 2 aliphatic rings. The van der Waals surface area contributed by atoms with E-state index >= 15 is 0 Å². The summed E-state index contributed by atoms with van der Waals surface area (Å²) in [6.45, 7) is 0.301. The molecule has 19 heavy (non-hydrogen) atoms. The first kappa shape index (κ1) is 11.2. The summed E-state index contributed by atoms with van der Waals surface area (Å²) in [5.41, 5.74) is 2.51. The maximum atomic E-state index is 12.0. The molecule has 0 radical (unpaired) electrons. The van der Waals surface area contributed by atoms with Gasteiger partial charge < -0.3 is 10.1 Å². The van der Waals surface area contributed by atoms with Gasteiger partial charge >= 0.3 is 5.97 Å². The summed E-state index contributed by atoms with van der Waals surface area (Å²) < 4.78 is 6.16. The number of aromatic amines is 1. The normalized spacial score (nSPS) is 20.9. The van der Waals surface area contributed by atoms with Crippen LogP contribution in [0.5, 0.6) is 0 Å². The number of carbonyl (C=O) groups excluding carboxylic acids is 1. The quantitative estimate of drug-likeness (QED) is 0.785. The second kappa shape index (κ2) is 3.94. The monoisotopic (exact) mass is 337 g/mol. The average molecular weight is 338 g/mol. The number of nitrogens with zero attached hydrogens (tertiary/aromatic N) is 1. The molecule has 1 unspecified atom stereocenters. The van der Waals surface area contributed by atoms with Gasteiger partial charge in [-0.25, -0.2) is 4.79 Å². The van der Waals surface area contributed by atoms with Gasteiger partial charge in [-0.3, -0.25) is 5.10 Å². The highest BCUT2D eigenvalue weighted by atomic mass is 79.9. The van der Waals surface area contributed by atoms with Gasteiger partial charge in [-0.1, -0.05) is 0 Å². The van der Waals surface area contributed by atoms with Crippen LogP contribution >= 0.6 is 27.3 Å². The second-order valence-corrected chi connectivity index (χ2v) is 6.25. The topological polar surface area (TPSA) is 67.0 Å². The highest BCUT2D eigenvalue weighted by molar-refractivity contribution is 9.10. The van der Waals surface area contributed by atoms with Gasteiger partial charge in [0.15, 0.2) is 0 Å². The van der Waals surface area contributed by atoms with E-state index in [-0.39, 0.29) is 11.9 Å². The summed E-state index contributed by atoms with van der Waals surface area (Å²) in [6, 6.07) is 2.04. The number of thiophene rings is 1. The van der Waals surface area contributed by atoms with Crippen molar-refractivity contribution >= 4 is 39.1 Å². The zero-order valence-electron chi connectivity index (χ0n) is 9.57. The third-order valence-corrected chi connectivity index (χ3v) is 5.07. The van der Waals surface area contributed by atoms with E-state index in [0.717, 1.165) is 26.4 Å². The van der Waals surface area contributed by atoms with Crippen LogP contribution in [0.1, 0.15) is 16.4 Å². The minimum Gasteiger partial charge on any atom is -0.456 e. The molecule has 4 heterocycles. The molecule has 5 nitrogen and oxygen atoms in total. The number of rotatable bonds is 1. The number of hydrogen-bond donors (Lipinski definition) is 2. The third kappa shape index (κ3) is 1.58. The predicted molar refractivity (Wildman–Crippen MR) is 74.1 cm³/mol. The number of fused-ring (bicyclic) bond motifs is 1. The van der Waals surface area contributed by atoms with E-state index in [1.807, 2.05) is 11.4 Å². The molecule has 0 amide bonds. The van der Waals surface area contributed by atoms with Crippen molar-refractivity contribution < 1.29 is 9.53 Å². The van der Waals surface area contributed by atoms with Gasteiger partial charge in [0.25, 0.3) is 0 Å². The zero-order valence-corrected chi connectivity index (χ0v) is 12.0. The van der Waals surface area contributed by atoms with Crippen LogP contribution < -0.4 is 5.32 Å². The first-order valence-electron chi connectivity index (χ1n) is 5.68. The molecule has 2 N–H and O–H groups in total. The molecule has 0 aliphatic carbocycles. The molecule has 0 aromatic carbocycles. The molecule has 2 aromatic rings. The van der Waals surface area contributed by atoms with Crippen molar-refractivity contribution in [3.63, 3.8) is 0 Å². The molecule has 4 rings (SSSR count). The smallest absolute Gasteiger partial charge is 0.337 e. The Morgan fingerprint density at radius 1 is 1.53 bits per heavy atom. The fourth-order valence-electron chi connectivity index (χ4n) is 2.51. The molecule has 0 saturated carbocycles. The van der Waals surface area contributed by atoms with Crippen molar-refractivity contribution in [1.29, 1.82) is 0 Å². The van der Waals surface area contributed by atoms with Crippen molar-refractivity contribution in [3.8, 4) is 0 Å². The summed E-state index contributed by atoms with van der Waals surface area (Å²) >= 11 is 5.07. The Bertz CT molecular complexity index is 718. The summed E-state index contributed by atoms with van der Waals surface area (Å²) in [4.78, 5) is 13.1. The number of nitrogens with one attached hydrogen (secondary N) is 2. The fraction of sp³-hybridized carbons (Fsp3) is 0.167. The molecular weight excluding hydrogens is 330 g/mol. The van der Waals surface area contributed by atoms with Gasteiger partial charge in [-0.2, -0.15) is 5.10 Å². The van der Waals surface area contributed by atoms with E-state index in [1.54, 1.807) is 17.5 Å². The first-order chi connectivity index (χ1) is 9.24. The Hall–Kier alpha value is -1.60. The van der Waals surface area contributed by atoms with E-state index in [4.69, 9.17) is 4.74 Å². The van der Waals surface area contributed by atoms with Crippen molar-refractivity contribution in [2.45, 2.75) is 5.92 Å². The minimum absolute atomic E-state index is 0.101. The molecule has 2 aromatic heterocycles. The number of cyclic esters (lactones) is 1. The average Bonchev–Trinajstić information content (AvgIpc) is 3.08. The van der Waals surface area contributed by atoms with Gasteiger partial charge in [0.1, 0.15) is 12.4 Å². The largest absolute Gasteiger partial charge is 0.456 e. The van der Waals surface area contributed by atoms with Gasteiger partial charge in [0.05, 0.1) is 23.4 Å². The van der Waals surface area contributed by atoms with Gasteiger partial charge in [-0.05, 0) is 22.0 Å². The standard InChI is InChI=1S/C12H8BrN3O2S/c13-5-1-8(19-4-5)9-6-2-14-16-11(6)15-7-3-18-12(17)10(7)9/h1-2,4,9H,3H2,(H2,14,15,16). The predicted octanol–water partition coefficient (Wildman–Crippen LogP) is 2.60. The Balaban J connectivity index is 1.93. The third-order valence-electron chi connectivity index (χ3n) is 3.31. The van der Waals surface area contributed by atoms with Gasteiger partial charge in [0, 0.05) is 20.3 Å². The Kier molecular flexibility index (Phi) is 2.33. The van der Waals surface area contributed by atoms with Crippen LogP contribution in [-0.2, 0) is 9.53 Å². The van der Waals surface area contributed by atoms with Crippen LogP contribution in [0.15, 0.2) is 33.4 Å². The lowest BCUT2D eigenvalue weighted by molar-refractivity contribution is -0.136. The molecule has 0 saturated heterocycles.